The Morgan fingerprint density at radius 2 is 1.92 bits per heavy atom. The summed E-state index contributed by atoms with van der Waals surface area (Å²) in [7, 11) is 0. The molecule has 2 bridgehead atoms. The highest BCUT2D eigenvalue weighted by Crippen LogP contribution is 2.35. The largest absolute Gasteiger partial charge is 0.396 e. The van der Waals surface area contributed by atoms with Gasteiger partial charge in [-0.15, -0.1) is 0 Å². The van der Waals surface area contributed by atoms with E-state index in [4.69, 9.17) is 9.72 Å². The molecule has 10 nitrogen and oxygen atoms in total. The summed E-state index contributed by atoms with van der Waals surface area (Å²) in [6.07, 6.45) is 7.36. The zero-order valence-electron chi connectivity index (χ0n) is 19.8. The third-order valence-electron chi connectivity index (χ3n) is 7.63. The van der Waals surface area contributed by atoms with E-state index in [-0.39, 0.29) is 42.0 Å². The van der Waals surface area contributed by atoms with Gasteiger partial charge in [0, 0.05) is 32.1 Å². The number of hydrogen-bond donors (Lipinski definition) is 2. The number of alkyl halides is 2. The van der Waals surface area contributed by atoms with Crippen LogP contribution in [0.5, 0.6) is 0 Å². The van der Waals surface area contributed by atoms with E-state index >= 15 is 0 Å². The summed E-state index contributed by atoms with van der Waals surface area (Å²) in [6.45, 7) is 1.62. The lowest BCUT2D eigenvalue weighted by Crippen LogP contribution is -2.43. The van der Waals surface area contributed by atoms with Crippen LogP contribution in [0.2, 0.25) is 0 Å². The summed E-state index contributed by atoms with van der Waals surface area (Å²) in [5, 5.41) is 20.3. The van der Waals surface area contributed by atoms with Crippen molar-refractivity contribution in [2.75, 3.05) is 29.9 Å². The number of halogens is 2. The molecule has 3 aliphatic rings. The van der Waals surface area contributed by atoms with Crippen LogP contribution in [0.25, 0.3) is 5.65 Å². The molecule has 2 atom stereocenters. The molecule has 2 N–H and O–H groups in total. The second-order valence-corrected chi connectivity index (χ2v) is 9.99. The number of anilines is 2. The van der Waals surface area contributed by atoms with Gasteiger partial charge in [0.25, 0.3) is 12.3 Å². The van der Waals surface area contributed by atoms with Gasteiger partial charge in [-0.3, -0.25) is 9.48 Å². The zero-order chi connectivity index (χ0) is 24.8. The molecule has 12 heteroatoms. The predicted octanol–water partition coefficient (Wildman–Crippen LogP) is 3.21. The van der Waals surface area contributed by atoms with Gasteiger partial charge < -0.3 is 20.1 Å². The number of rotatable bonds is 6. The van der Waals surface area contributed by atoms with Gasteiger partial charge in [0.05, 0.1) is 30.1 Å². The molecule has 5 heterocycles. The molecular weight excluding hydrogens is 472 g/mol. The number of ether oxygens (including phenoxy) is 1. The fraction of sp³-hybridized carbons (Fsp3) is 0.583. The molecule has 36 heavy (non-hydrogen) atoms. The van der Waals surface area contributed by atoms with Crippen LogP contribution < -0.4 is 10.2 Å². The number of fused-ring (bicyclic) bond motifs is 3. The lowest BCUT2D eigenvalue weighted by atomic mass is 9.87. The summed E-state index contributed by atoms with van der Waals surface area (Å²) in [5.41, 5.74) is 0.0859. The molecule has 1 amide bonds. The molecule has 6 rings (SSSR count). The van der Waals surface area contributed by atoms with Gasteiger partial charge in [0.1, 0.15) is 11.4 Å². The average Bonchev–Trinajstić information content (AvgIpc) is 3.60. The lowest BCUT2D eigenvalue weighted by Gasteiger charge is -2.32. The molecule has 3 aromatic heterocycles. The second kappa shape index (κ2) is 9.40. The zero-order valence-corrected chi connectivity index (χ0v) is 19.8. The third kappa shape index (κ3) is 4.32. The van der Waals surface area contributed by atoms with E-state index in [1.54, 1.807) is 6.20 Å². The summed E-state index contributed by atoms with van der Waals surface area (Å²) in [6, 6.07) is 1.82. The summed E-state index contributed by atoms with van der Waals surface area (Å²) < 4.78 is 36.5. The number of carbonyl (C=O) groups excluding carboxylic acids is 1. The highest BCUT2D eigenvalue weighted by molar-refractivity contribution is 6.08. The van der Waals surface area contributed by atoms with Crippen LogP contribution in [0.1, 0.15) is 67.0 Å². The van der Waals surface area contributed by atoms with E-state index in [1.165, 1.54) is 21.6 Å². The maximum atomic E-state index is 13.8. The van der Waals surface area contributed by atoms with Crippen LogP contribution >= 0.6 is 0 Å². The first-order chi connectivity index (χ1) is 17.5. The van der Waals surface area contributed by atoms with Crippen LogP contribution in [0, 0.1) is 5.92 Å². The minimum absolute atomic E-state index is 0.0143. The highest BCUT2D eigenvalue weighted by atomic mass is 19.3. The Bertz CT molecular complexity index is 1240. The molecule has 3 aromatic rings. The molecule has 0 aromatic carbocycles. The van der Waals surface area contributed by atoms with Crippen molar-refractivity contribution in [2.24, 2.45) is 5.92 Å². The number of aliphatic hydroxyl groups excluding tert-OH is 1. The Kier molecular flexibility index (Phi) is 6.08. The van der Waals surface area contributed by atoms with E-state index in [9.17, 15) is 18.7 Å². The number of aliphatic hydroxyl groups is 1. The number of nitrogens with zero attached hydrogens (tertiary/aromatic N) is 6. The Balaban J connectivity index is 1.23. The van der Waals surface area contributed by atoms with Crippen molar-refractivity contribution >= 4 is 23.1 Å². The topological polar surface area (TPSA) is 110 Å². The number of carbonyl (C=O) groups is 1. The lowest BCUT2D eigenvalue weighted by molar-refractivity contribution is 0.0302. The van der Waals surface area contributed by atoms with Crippen molar-refractivity contribution < 1.29 is 23.4 Å². The van der Waals surface area contributed by atoms with Gasteiger partial charge in [-0.05, 0) is 50.5 Å². The van der Waals surface area contributed by atoms with Gasteiger partial charge in [0.2, 0.25) is 0 Å². The Morgan fingerprint density at radius 3 is 2.61 bits per heavy atom. The molecule has 2 aliphatic heterocycles. The summed E-state index contributed by atoms with van der Waals surface area (Å²) >= 11 is 0. The van der Waals surface area contributed by atoms with Crippen molar-refractivity contribution in [1.29, 1.82) is 0 Å². The predicted molar refractivity (Wildman–Crippen MR) is 126 cm³/mol. The van der Waals surface area contributed by atoms with Gasteiger partial charge in [-0.1, -0.05) is 0 Å². The molecule has 0 radical (unpaired) electrons. The molecule has 192 valence electrons. The normalized spacial score (nSPS) is 26.2. The molecular formula is C24H29F2N7O3. The van der Waals surface area contributed by atoms with E-state index in [0.717, 1.165) is 57.4 Å². The standard InChI is InChI=1S/C24H29F2N7O3/c25-22(26)21-19(12-33(30-21)15-3-1-14(13-34)2-4-15)28-24(35)18-9-27-32-8-7-20(29-23(18)32)31-10-16-5-6-17(11-31)36-16/h7-9,12,14-17,22,34H,1-6,10-11,13H2,(H,28,35)/t14?,15?,16-,17?/m0/s1. The molecule has 2 saturated heterocycles. The summed E-state index contributed by atoms with van der Waals surface area (Å²) in [4.78, 5) is 20.0. The first-order valence-corrected chi connectivity index (χ1v) is 12.5. The van der Waals surface area contributed by atoms with E-state index in [2.05, 4.69) is 20.4 Å². The Labute approximate surface area is 206 Å². The van der Waals surface area contributed by atoms with E-state index < -0.39 is 18.0 Å². The average molecular weight is 502 g/mol. The van der Waals surface area contributed by atoms with Gasteiger partial charge in [-0.2, -0.15) is 10.2 Å². The van der Waals surface area contributed by atoms with Crippen LogP contribution in [0.4, 0.5) is 20.3 Å². The number of hydrogen-bond acceptors (Lipinski definition) is 7. The molecule has 1 saturated carbocycles. The van der Waals surface area contributed by atoms with Crippen molar-refractivity contribution in [3.05, 3.63) is 35.9 Å². The van der Waals surface area contributed by atoms with Crippen LogP contribution in [0.3, 0.4) is 0 Å². The van der Waals surface area contributed by atoms with E-state index in [0.29, 0.717) is 5.65 Å². The molecule has 3 fully saturated rings. The summed E-state index contributed by atoms with van der Waals surface area (Å²) in [5.74, 6) is 0.408. The number of amides is 1. The second-order valence-electron chi connectivity index (χ2n) is 9.99. The van der Waals surface area contributed by atoms with Crippen LogP contribution in [-0.4, -0.2) is 67.3 Å². The highest BCUT2D eigenvalue weighted by Gasteiger charge is 2.34. The minimum atomic E-state index is -2.83. The number of aromatic nitrogens is 5. The van der Waals surface area contributed by atoms with Crippen LogP contribution in [0.15, 0.2) is 24.7 Å². The van der Waals surface area contributed by atoms with Gasteiger partial charge in [-0.25, -0.2) is 18.3 Å². The first kappa shape index (κ1) is 23.3. The van der Waals surface area contributed by atoms with Crippen molar-refractivity contribution in [2.45, 2.75) is 63.2 Å². The molecule has 1 aliphatic carbocycles. The van der Waals surface area contributed by atoms with E-state index in [1.807, 2.05) is 6.07 Å². The van der Waals surface area contributed by atoms with Crippen molar-refractivity contribution in [1.82, 2.24) is 24.4 Å². The molecule has 0 spiro atoms. The number of nitrogens with one attached hydrogen (secondary N) is 1. The smallest absolute Gasteiger partial charge is 0.284 e. The maximum Gasteiger partial charge on any atom is 0.284 e. The van der Waals surface area contributed by atoms with Crippen molar-refractivity contribution in [3.63, 3.8) is 0 Å². The Hall–Kier alpha value is -3.12. The van der Waals surface area contributed by atoms with Gasteiger partial charge in [0.15, 0.2) is 11.3 Å². The fourth-order valence-electron chi connectivity index (χ4n) is 5.63. The van der Waals surface area contributed by atoms with Crippen molar-refractivity contribution in [3.8, 4) is 0 Å². The maximum absolute atomic E-state index is 13.8. The van der Waals surface area contributed by atoms with Crippen LogP contribution in [-0.2, 0) is 4.74 Å². The monoisotopic (exact) mass is 501 g/mol. The fourth-order valence-corrected chi connectivity index (χ4v) is 5.63. The Morgan fingerprint density at radius 1 is 1.17 bits per heavy atom. The SMILES string of the molecule is O=C(Nc1cn(C2CCC(CO)CC2)nc1C(F)F)c1cnn2ccc(N3CC4CC[C@@H](C3)O4)nc12. The minimum Gasteiger partial charge on any atom is -0.396 e. The van der Waals surface area contributed by atoms with Gasteiger partial charge >= 0.3 is 0 Å². The number of morpholine rings is 1. The quantitative estimate of drug-likeness (QED) is 0.534. The third-order valence-corrected chi connectivity index (χ3v) is 7.63. The molecule has 1 unspecified atom stereocenters. The first-order valence-electron chi connectivity index (χ1n) is 12.5.